The summed E-state index contributed by atoms with van der Waals surface area (Å²) in [5, 5.41) is 3.27. The maximum absolute atomic E-state index is 11.7. The fourth-order valence-corrected chi connectivity index (χ4v) is 1.77. The number of nitrogens with one attached hydrogen (secondary N) is 2. The number of hydrogen-bond acceptors (Lipinski definition) is 3. The van der Waals surface area contributed by atoms with Gasteiger partial charge in [0.15, 0.2) is 0 Å². The first-order valence-corrected chi connectivity index (χ1v) is 5.13. The summed E-state index contributed by atoms with van der Waals surface area (Å²) >= 11 is 0. The Balaban J connectivity index is 0.00000112. The lowest BCUT2D eigenvalue weighted by atomic mass is 10.1. The van der Waals surface area contributed by atoms with E-state index in [1.165, 1.54) is 0 Å². The van der Waals surface area contributed by atoms with Gasteiger partial charge in [0.25, 0.3) is 5.56 Å². The highest BCUT2D eigenvalue weighted by Crippen LogP contribution is 2.05. The SMILES string of the molecule is CCc1nc2c(c(=O)[nH]1)CCNCC2.Cl. The monoisotopic (exact) mass is 229 g/mol. The van der Waals surface area contributed by atoms with E-state index in [1.54, 1.807) is 0 Å². The number of halogens is 1. The van der Waals surface area contributed by atoms with Crippen molar-refractivity contribution in [2.75, 3.05) is 13.1 Å². The minimum absolute atomic E-state index is 0. The average molecular weight is 230 g/mol. The fraction of sp³-hybridized carbons (Fsp3) is 0.600. The zero-order valence-electron chi connectivity index (χ0n) is 8.80. The minimum atomic E-state index is 0. The molecule has 1 aromatic rings. The van der Waals surface area contributed by atoms with Gasteiger partial charge in [0.05, 0.1) is 5.69 Å². The van der Waals surface area contributed by atoms with Crippen LogP contribution in [-0.2, 0) is 19.3 Å². The number of hydrogen-bond donors (Lipinski definition) is 2. The number of H-pyrrole nitrogens is 1. The lowest BCUT2D eigenvalue weighted by Gasteiger charge is -2.04. The van der Waals surface area contributed by atoms with Crippen molar-refractivity contribution in [2.24, 2.45) is 0 Å². The zero-order chi connectivity index (χ0) is 9.97. The Hall–Kier alpha value is -0.870. The molecule has 0 atom stereocenters. The van der Waals surface area contributed by atoms with Crippen LogP contribution in [0, 0.1) is 0 Å². The van der Waals surface area contributed by atoms with Crippen molar-refractivity contribution in [3.63, 3.8) is 0 Å². The fourth-order valence-electron chi connectivity index (χ4n) is 1.77. The first kappa shape index (κ1) is 12.2. The van der Waals surface area contributed by atoms with Crippen LogP contribution < -0.4 is 10.9 Å². The van der Waals surface area contributed by atoms with Gasteiger partial charge in [0.2, 0.25) is 0 Å². The molecule has 1 aliphatic rings. The number of fused-ring (bicyclic) bond motifs is 1. The van der Waals surface area contributed by atoms with Crippen molar-refractivity contribution in [3.05, 3.63) is 27.4 Å². The lowest BCUT2D eigenvalue weighted by Crippen LogP contribution is -2.20. The molecule has 0 fully saturated rings. The molecule has 15 heavy (non-hydrogen) atoms. The molecule has 0 saturated carbocycles. The summed E-state index contributed by atoms with van der Waals surface area (Å²) in [5.74, 6) is 0.802. The summed E-state index contributed by atoms with van der Waals surface area (Å²) in [6.07, 6.45) is 2.45. The second-order valence-electron chi connectivity index (χ2n) is 3.54. The first-order chi connectivity index (χ1) is 6.81. The van der Waals surface area contributed by atoms with Crippen LogP contribution in [0.2, 0.25) is 0 Å². The molecule has 1 aliphatic heterocycles. The molecule has 0 saturated heterocycles. The topological polar surface area (TPSA) is 57.8 Å². The van der Waals surface area contributed by atoms with Crippen molar-refractivity contribution in [1.29, 1.82) is 0 Å². The van der Waals surface area contributed by atoms with E-state index in [1.807, 2.05) is 6.92 Å². The largest absolute Gasteiger partial charge is 0.316 e. The third-order valence-electron chi connectivity index (χ3n) is 2.58. The van der Waals surface area contributed by atoms with Gasteiger partial charge >= 0.3 is 0 Å². The van der Waals surface area contributed by atoms with Crippen LogP contribution in [-0.4, -0.2) is 23.1 Å². The molecule has 0 aromatic carbocycles. The first-order valence-electron chi connectivity index (χ1n) is 5.13. The van der Waals surface area contributed by atoms with Crippen LogP contribution in [0.25, 0.3) is 0 Å². The van der Waals surface area contributed by atoms with Gasteiger partial charge in [-0.25, -0.2) is 4.98 Å². The molecule has 2 rings (SSSR count). The standard InChI is InChI=1S/C10H15N3O.ClH/c1-2-9-12-8-4-6-11-5-3-7(8)10(14)13-9;/h11H,2-6H2,1H3,(H,12,13,14);1H. The van der Waals surface area contributed by atoms with Crippen LogP contribution in [0.3, 0.4) is 0 Å². The summed E-state index contributed by atoms with van der Waals surface area (Å²) in [5.41, 5.74) is 1.90. The second kappa shape index (κ2) is 5.28. The van der Waals surface area contributed by atoms with E-state index in [-0.39, 0.29) is 18.0 Å². The number of aromatic nitrogens is 2. The van der Waals surface area contributed by atoms with Crippen LogP contribution in [0.5, 0.6) is 0 Å². The summed E-state index contributed by atoms with van der Waals surface area (Å²) in [6, 6.07) is 0. The summed E-state index contributed by atoms with van der Waals surface area (Å²) in [4.78, 5) is 18.9. The molecular weight excluding hydrogens is 214 g/mol. The summed E-state index contributed by atoms with van der Waals surface area (Å²) < 4.78 is 0. The quantitative estimate of drug-likeness (QED) is 0.735. The molecule has 2 heterocycles. The highest BCUT2D eigenvalue weighted by Gasteiger charge is 2.12. The molecule has 2 N–H and O–H groups in total. The van der Waals surface area contributed by atoms with Gasteiger partial charge in [-0.15, -0.1) is 12.4 Å². The lowest BCUT2D eigenvalue weighted by molar-refractivity contribution is 0.707. The third kappa shape index (κ3) is 2.58. The molecule has 0 radical (unpaired) electrons. The molecule has 0 spiro atoms. The van der Waals surface area contributed by atoms with Crippen molar-refractivity contribution in [3.8, 4) is 0 Å². The van der Waals surface area contributed by atoms with Crippen molar-refractivity contribution < 1.29 is 0 Å². The maximum atomic E-state index is 11.7. The summed E-state index contributed by atoms with van der Waals surface area (Å²) in [7, 11) is 0. The van der Waals surface area contributed by atoms with E-state index in [2.05, 4.69) is 15.3 Å². The Morgan fingerprint density at radius 3 is 2.80 bits per heavy atom. The molecule has 0 amide bonds. The van der Waals surface area contributed by atoms with E-state index in [9.17, 15) is 4.79 Å². The maximum Gasteiger partial charge on any atom is 0.254 e. The van der Waals surface area contributed by atoms with Gasteiger partial charge in [-0.2, -0.15) is 0 Å². The molecule has 84 valence electrons. The number of rotatable bonds is 1. The normalized spacial score (nSPS) is 15.0. The van der Waals surface area contributed by atoms with Crippen LogP contribution in [0.15, 0.2) is 4.79 Å². The Morgan fingerprint density at radius 1 is 1.33 bits per heavy atom. The van der Waals surface area contributed by atoms with E-state index >= 15 is 0 Å². The van der Waals surface area contributed by atoms with Gasteiger partial charge in [0, 0.05) is 24.9 Å². The number of nitrogens with zero attached hydrogens (tertiary/aromatic N) is 1. The Kier molecular flexibility index (Phi) is 4.29. The van der Waals surface area contributed by atoms with Crippen LogP contribution in [0.4, 0.5) is 0 Å². The number of aromatic amines is 1. The highest BCUT2D eigenvalue weighted by molar-refractivity contribution is 5.85. The smallest absolute Gasteiger partial charge is 0.254 e. The predicted octanol–water partition coefficient (Wildman–Crippen LogP) is 0.442. The van der Waals surface area contributed by atoms with E-state index < -0.39 is 0 Å². The van der Waals surface area contributed by atoms with Gasteiger partial charge in [-0.3, -0.25) is 4.79 Å². The van der Waals surface area contributed by atoms with Gasteiger partial charge in [0.1, 0.15) is 5.82 Å². The number of aryl methyl sites for hydroxylation is 1. The second-order valence-corrected chi connectivity index (χ2v) is 3.54. The van der Waals surface area contributed by atoms with Crippen molar-refractivity contribution in [1.82, 2.24) is 15.3 Å². The van der Waals surface area contributed by atoms with E-state index in [0.717, 1.165) is 49.4 Å². The predicted molar refractivity (Wildman–Crippen MR) is 61.8 cm³/mol. The Bertz CT molecular complexity index is 389. The van der Waals surface area contributed by atoms with Crippen LogP contribution >= 0.6 is 12.4 Å². The van der Waals surface area contributed by atoms with Gasteiger partial charge < -0.3 is 10.3 Å². The molecule has 4 nitrogen and oxygen atoms in total. The zero-order valence-corrected chi connectivity index (χ0v) is 9.62. The molecule has 1 aromatic heterocycles. The molecule has 5 heteroatoms. The van der Waals surface area contributed by atoms with E-state index in [0.29, 0.717) is 0 Å². The highest BCUT2D eigenvalue weighted by atomic mass is 35.5. The molecule has 0 aliphatic carbocycles. The molecular formula is C10H16ClN3O. The van der Waals surface area contributed by atoms with Gasteiger partial charge in [-0.1, -0.05) is 6.92 Å². The summed E-state index contributed by atoms with van der Waals surface area (Å²) in [6.45, 7) is 3.80. The minimum Gasteiger partial charge on any atom is -0.316 e. The van der Waals surface area contributed by atoms with Crippen molar-refractivity contribution >= 4 is 12.4 Å². The Morgan fingerprint density at radius 2 is 2.07 bits per heavy atom. The Labute approximate surface area is 94.9 Å². The third-order valence-corrected chi connectivity index (χ3v) is 2.58. The van der Waals surface area contributed by atoms with Crippen LogP contribution in [0.1, 0.15) is 24.0 Å². The average Bonchev–Trinajstić information content (AvgIpc) is 2.42. The van der Waals surface area contributed by atoms with Gasteiger partial charge in [-0.05, 0) is 13.0 Å². The van der Waals surface area contributed by atoms with E-state index in [4.69, 9.17) is 0 Å². The molecule has 0 bridgehead atoms. The van der Waals surface area contributed by atoms with Crippen molar-refractivity contribution in [2.45, 2.75) is 26.2 Å². The molecule has 0 unspecified atom stereocenters.